The summed E-state index contributed by atoms with van der Waals surface area (Å²) in [4.78, 5) is 0. The fourth-order valence-corrected chi connectivity index (χ4v) is 2.27. The quantitative estimate of drug-likeness (QED) is 0.645. The lowest BCUT2D eigenvalue weighted by Gasteiger charge is -2.18. The maximum Gasteiger partial charge on any atom is 0.112 e. The summed E-state index contributed by atoms with van der Waals surface area (Å²) in [5.74, 6) is 1.18. The lowest BCUT2D eigenvalue weighted by Crippen LogP contribution is -2.31. The predicted octanol–water partition coefficient (Wildman–Crippen LogP) is 1.07. The van der Waals surface area contributed by atoms with Gasteiger partial charge in [-0.25, -0.2) is 0 Å². The van der Waals surface area contributed by atoms with Crippen molar-refractivity contribution in [2.75, 3.05) is 20.3 Å². The van der Waals surface area contributed by atoms with Gasteiger partial charge in [-0.05, 0) is 5.92 Å². The third kappa shape index (κ3) is 1.49. The average molecular weight is 186 g/mol. The lowest BCUT2D eigenvalue weighted by atomic mass is 9.90. The van der Waals surface area contributed by atoms with Gasteiger partial charge in [0.1, 0.15) is 12.2 Å². The molecule has 2 aliphatic rings. The van der Waals surface area contributed by atoms with Gasteiger partial charge in [0.2, 0.25) is 0 Å². The first kappa shape index (κ1) is 9.44. The Balaban J connectivity index is 2.03. The fourth-order valence-electron chi connectivity index (χ4n) is 2.27. The first-order valence-electron chi connectivity index (χ1n) is 5.00. The molecule has 0 radical (unpaired) electrons. The monoisotopic (exact) mass is 186 g/mol. The summed E-state index contributed by atoms with van der Waals surface area (Å²) in [6.07, 6.45) is 0.594. The summed E-state index contributed by atoms with van der Waals surface area (Å²) in [5, 5.41) is 0. The molecule has 3 heteroatoms. The molecule has 0 amide bonds. The zero-order chi connectivity index (χ0) is 9.42. The van der Waals surface area contributed by atoms with E-state index in [-0.39, 0.29) is 18.3 Å². The first-order valence-corrected chi connectivity index (χ1v) is 5.00. The largest absolute Gasteiger partial charge is 0.376 e. The van der Waals surface area contributed by atoms with Crippen LogP contribution in [0, 0.1) is 11.8 Å². The molecule has 76 valence electrons. The molecule has 2 saturated heterocycles. The van der Waals surface area contributed by atoms with E-state index in [1.54, 1.807) is 7.11 Å². The standard InChI is InChI=1S/C10H18O3/c1-6(2)7-4-12-10-8(11-3)5-13-9(7)10/h6-10H,4-5H2,1-3H3/t7-,8+,9+,10+/m1/s1. The van der Waals surface area contributed by atoms with Crippen LogP contribution in [-0.4, -0.2) is 38.6 Å². The van der Waals surface area contributed by atoms with Crippen molar-refractivity contribution in [1.29, 1.82) is 0 Å². The number of hydrogen-bond donors (Lipinski definition) is 0. The van der Waals surface area contributed by atoms with Gasteiger partial charge < -0.3 is 14.2 Å². The Labute approximate surface area is 79.4 Å². The van der Waals surface area contributed by atoms with Crippen LogP contribution in [0.5, 0.6) is 0 Å². The second-order valence-corrected chi connectivity index (χ2v) is 4.28. The highest BCUT2D eigenvalue weighted by Gasteiger charge is 2.48. The van der Waals surface area contributed by atoms with Crippen LogP contribution in [0.25, 0.3) is 0 Å². The number of ether oxygens (including phenoxy) is 3. The molecule has 2 heterocycles. The van der Waals surface area contributed by atoms with Gasteiger partial charge in [-0.3, -0.25) is 0 Å². The molecular formula is C10H18O3. The molecular weight excluding hydrogens is 168 g/mol. The Bertz CT molecular complexity index is 181. The van der Waals surface area contributed by atoms with Crippen LogP contribution in [0.2, 0.25) is 0 Å². The molecule has 0 bridgehead atoms. The van der Waals surface area contributed by atoms with E-state index in [4.69, 9.17) is 14.2 Å². The van der Waals surface area contributed by atoms with Crippen LogP contribution < -0.4 is 0 Å². The second-order valence-electron chi connectivity index (χ2n) is 4.28. The number of hydrogen-bond acceptors (Lipinski definition) is 3. The van der Waals surface area contributed by atoms with Gasteiger partial charge in [0, 0.05) is 13.0 Å². The summed E-state index contributed by atoms with van der Waals surface area (Å²) >= 11 is 0. The number of rotatable bonds is 2. The molecule has 0 aromatic rings. The summed E-state index contributed by atoms with van der Waals surface area (Å²) < 4.78 is 16.7. The molecule has 0 N–H and O–H groups in total. The molecule has 0 unspecified atom stereocenters. The highest BCUT2D eigenvalue weighted by molar-refractivity contribution is 4.95. The van der Waals surface area contributed by atoms with E-state index in [1.165, 1.54) is 0 Å². The topological polar surface area (TPSA) is 27.7 Å². The maximum atomic E-state index is 5.70. The van der Waals surface area contributed by atoms with Crippen molar-refractivity contribution >= 4 is 0 Å². The highest BCUT2D eigenvalue weighted by Crippen LogP contribution is 2.35. The summed E-state index contributed by atoms with van der Waals surface area (Å²) in [6.45, 7) is 5.96. The van der Waals surface area contributed by atoms with Gasteiger partial charge in [0.15, 0.2) is 0 Å². The van der Waals surface area contributed by atoms with E-state index in [0.717, 1.165) is 6.61 Å². The Morgan fingerprint density at radius 3 is 2.46 bits per heavy atom. The van der Waals surface area contributed by atoms with E-state index in [0.29, 0.717) is 18.4 Å². The molecule has 13 heavy (non-hydrogen) atoms. The third-order valence-electron chi connectivity index (χ3n) is 3.21. The van der Waals surface area contributed by atoms with Crippen LogP contribution >= 0.6 is 0 Å². The minimum absolute atomic E-state index is 0.147. The summed E-state index contributed by atoms with van der Waals surface area (Å²) in [7, 11) is 1.72. The Morgan fingerprint density at radius 2 is 1.85 bits per heavy atom. The zero-order valence-electron chi connectivity index (χ0n) is 8.53. The van der Waals surface area contributed by atoms with Crippen LogP contribution in [0.1, 0.15) is 13.8 Å². The molecule has 2 fully saturated rings. The Hall–Kier alpha value is -0.120. The molecule has 0 aromatic heterocycles. The predicted molar refractivity (Wildman–Crippen MR) is 48.6 cm³/mol. The highest BCUT2D eigenvalue weighted by atomic mass is 16.6. The first-order chi connectivity index (χ1) is 6.24. The minimum Gasteiger partial charge on any atom is -0.376 e. The van der Waals surface area contributed by atoms with Crippen LogP contribution in [-0.2, 0) is 14.2 Å². The molecule has 4 atom stereocenters. The average Bonchev–Trinajstić information content (AvgIpc) is 2.61. The molecule has 2 rings (SSSR count). The van der Waals surface area contributed by atoms with Crippen molar-refractivity contribution in [3.8, 4) is 0 Å². The van der Waals surface area contributed by atoms with Crippen molar-refractivity contribution in [2.45, 2.75) is 32.2 Å². The van der Waals surface area contributed by atoms with Crippen molar-refractivity contribution in [2.24, 2.45) is 11.8 Å². The van der Waals surface area contributed by atoms with E-state index in [9.17, 15) is 0 Å². The van der Waals surface area contributed by atoms with E-state index >= 15 is 0 Å². The normalized spacial score (nSPS) is 44.3. The van der Waals surface area contributed by atoms with Gasteiger partial charge >= 0.3 is 0 Å². The minimum atomic E-state index is 0.147. The number of fused-ring (bicyclic) bond motifs is 1. The Morgan fingerprint density at radius 1 is 1.15 bits per heavy atom. The van der Waals surface area contributed by atoms with Crippen molar-refractivity contribution in [3.05, 3.63) is 0 Å². The number of methoxy groups -OCH3 is 1. The van der Waals surface area contributed by atoms with E-state index in [2.05, 4.69) is 13.8 Å². The van der Waals surface area contributed by atoms with E-state index < -0.39 is 0 Å². The SMILES string of the molecule is CO[C@H]1CO[C@@H]2[C@H]1OC[C@@H]2C(C)C. The smallest absolute Gasteiger partial charge is 0.112 e. The summed E-state index contributed by atoms with van der Waals surface area (Å²) in [5.41, 5.74) is 0. The molecule has 0 spiro atoms. The van der Waals surface area contributed by atoms with Gasteiger partial charge in [-0.2, -0.15) is 0 Å². The molecule has 0 aromatic carbocycles. The molecule has 3 nitrogen and oxygen atoms in total. The third-order valence-corrected chi connectivity index (χ3v) is 3.21. The molecule has 0 saturated carbocycles. The van der Waals surface area contributed by atoms with Gasteiger partial charge in [0.25, 0.3) is 0 Å². The Kier molecular flexibility index (Phi) is 2.58. The zero-order valence-corrected chi connectivity index (χ0v) is 8.53. The van der Waals surface area contributed by atoms with Crippen molar-refractivity contribution < 1.29 is 14.2 Å². The van der Waals surface area contributed by atoms with Gasteiger partial charge in [0.05, 0.1) is 19.3 Å². The van der Waals surface area contributed by atoms with Gasteiger partial charge in [-0.15, -0.1) is 0 Å². The van der Waals surface area contributed by atoms with Crippen molar-refractivity contribution in [3.63, 3.8) is 0 Å². The summed E-state index contributed by atoms with van der Waals surface area (Å²) in [6, 6.07) is 0. The van der Waals surface area contributed by atoms with E-state index in [1.807, 2.05) is 0 Å². The van der Waals surface area contributed by atoms with Crippen molar-refractivity contribution in [1.82, 2.24) is 0 Å². The maximum absolute atomic E-state index is 5.70. The van der Waals surface area contributed by atoms with Crippen LogP contribution in [0.3, 0.4) is 0 Å². The van der Waals surface area contributed by atoms with Gasteiger partial charge in [-0.1, -0.05) is 13.8 Å². The van der Waals surface area contributed by atoms with Crippen LogP contribution in [0.4, 0.5) is 0 Å². The lowest BCUT2D eigenvalue weighted by molar-refractivity contribution is -0.0104. The fraction of sp³-hybridized carbons (Fsp3) is 1.00. The van der Waals surface area contributed by atoms with Crippen LogP contribution in [0.15, 0.2) is 0 Å². The molecule has 2 aliphatic heterocycles. The molecule has 0 aliphatic carbocycles. The second kappa shape index (κ2) is 3.56.